The number of hydrogen-bond acceptors (Lipinski definition) is 5. The van der Waals surface area contributed by atoms with Crippen molar-refractivity contribution in [1.29, 1.82) is 5.26 Å². The van der Waals surface area contributed by atoms with Crippen LogP contribution in [-0.2, 0) is 18.0 Å². The average molecular weight is 361 g/mol. The summed E-state index contributed by atoms with van der Waals surface area (Å²) < 4.78 is 39.0. The number of carbonyl (C=O) groups is 1. The predicted molar refractivity (Wildman–Crippen MR) is 80.9 cm³/mol. The number of carbonyl (C=O) groups excluding carboxylic acids is 1. The zero-order valence-electron chi connectivity index (χ0n) is 13.4. The van der Waals surface area contributed by atoms with Crippen molar-refractivity contribution in [3.63, 3.8) is 0 Å². The molecule has 1 N–H and O–H groups in total. The Kier molecular flexibility index (Phi) is 5.42. The summed E-state index contributed by atoms with van der Waals surface area (Å²) in [4.78, 5) is 12.3. The van der Waals surface area contributed by atoms with Crippen LogP contribution in [0.15, 0.2) is 5.16 Å². The number of rotatable bonds is 4. The molecule has 1 aromatic heterocycles. The molecule has 0 bridgehead atoms. The number of alkyl halides is 3. The first-order chi connectivity index (χ1) is 11.2. The summed E-state index contributed by atoms with van der Waals surface area (Å²) in [7, 11) is 1.20. The molecule has 0 saturated heterocycles. The van der Waals surface area contributed by atoms with Gasteiger partial charge in [-0.2, -0.15) is 18.4 Å². The van der Waals surface area contributed by atoms with Gasteiger partial charge in [0, 0.05) is 7.05 Å². The predicted octanol–water partition coefficient (Wildman–Crippen LogP) is 2.66. The number of halogens is 3. The van der Waals surface area contributed by atoms with Crippen LogP contribution < -0.4 is 5.32 Å². The molecule has 24 heavy (non-hydrogen) atoms. The van der Waals surface area contributed by atoms with Crippen LogP contribution in [0, 0.1) is 11.3 Å². The van der Waals surface area contributed by atoms with E-state index in [-0.39, 0.29) is 11.1 Å². The molecule has 1 aliphatic carbocycles. The first kappa shape index (κ1) is 18.6. The van der Waals surface area contributed by atoms with Crippen LogP contribution in [0.2, 0.25) is 0 Å². The molecule has 1 aliphatic rings. The highest BCUT2D eigenvalue weighted by atomic mass is 32.2. The van der Waals surface area contributed by atoms with Crippen LogP contribution in [0.1, 0.15) is 44.9 Å². The number of amides is 1. The number of nitrogens with one attached hydrogen (secondary N) is 1. The number of hydrogen-bond donors (Lipinski definition) is 1. The van der Waals surface area contributed by atoms with Gasteiger partial charge in [-0.15, -0.1) is 10.2 Å². The van der Waals surface area contributed by atoms with Crippen molar-refractivity contribution in [3.05, 3.63) is 5.82 Å². The van der Waals surface area contributed by atoms with E-state index >= 15 is 0 Å². The van der Waals surface area contributed by atoms with Gasteiger partial charge in [0.2, 0.25) is 11.7 Å². The lowest BCUT2D eigenvalue weighted by atomic mass is 9.83. The molecule has 132 valence electrons. The van der Waals surface area contributed by atoms with Crippen molar-refractivity contribution >= 4 is 17.7 Å². The average Bonchev–Trinajstić information content (AvgIpc) is 2.89. The van der Waals surface area contributed by atoms with E-state index in [9.17, 15) is 23.2 Å². The fourth-order valence-electron chi connectivity index (χ4n) is 2.63. The highest BCUT2D eigenvalue weighted by Crippen LogP contribution is 2.32. The van der Waals surface area contributed by atoms with Gasteiger partial charge in [-0.1, -0.05) is 31.0 Å². The number of aromatic nitrogens is 3. The van der Waals surface area contributed by atoms with E-state index in [1.807, 2.05) is 0 Å². The van der Waals surface area contributed by atoms with Gasteiger partial charge < -0.3 is 9.88 Å². The quantitative estimate of drug-likeness (QED) is 0.834. The van der Waals surface area contributed by atoms with Crippen molar-refractivity contribution in [1.82, 2.24) is 20.1 Å². The Morgan fingerprint density at radius 1 is 1.38 bits per heavy atom. The zero-order valence-corrected chi connectivity index (χ0v) is 14.2. The Labute approximate surface area is 141 Å². The number of nitriles is 1. The van der Waals surface area contributed by atoms with Gasteiger partial charge in [0.25, 0.3) is 0 Å². The Morgan fingerprint density at radius 3 is 2.50 bits per heavy atom. The molecule has 0 spiro atoms. The lowest BCUT2D eigenvalue weighted by Gasteiger charge is -2.32. The second-order valence-electron chi connectivity index (χ2n) is 5.87. The van der Waals surface area contributed by atoms with Gasteiger partial charge in [-0.25, -0.2) is 0 Å². The summed E-state index contributed by atoms with van der Waals surface area (Å²) in [6, 6.07) is 2.18. The van der Waals surface area contributed by atoms with E-state index in [1.165, 1.54) is 7.05 Å². The lowest BCUT2D eigenvalue weighted by Crippen LogP contribution is -2.50. The summed E-state index contributed by atoms with van der Waals surface area (Å²) in [6.07, 6.45) is -0.646. The minimum atomic E-state index is -4.60. The molecule has 1 fully saturated rings. The molecule has 10 heteroatoms. The molecular formula is C14H18F3N5OS. The van der Waals surface area contributed by atoms with E-state index in [4.69, 9.17) is 0 Å². The summed E-state index contributed by atoms with van der Waals surface area (Å²) in [5.74, 6) is -1.50. The molecule has 0 radical (unpaired) electrons. The Bertz CT molecular complexity index is 646. The molecule has 0 aromatic carbocycles. The fourth-order valence-corrected chi connectivity index (χ4v) is 3.45. The van der Waals surface area contributed by atoms with E-state index in [0.29, 0.717) is 12.8 Å². The SMILES string of the molecule is C[C@H](Sc1nnc(C(F)(F)F)n1C)C(=O)NC1(C#N)CCCCC1. The zero-order chi connectivity index (χ0) is 18.0. The van der Waals surface area contributed by atoms with Crippen LogP contribution in [0.25, 0.3) is 0 Å². The van der Waals surface area contributed by atoms with E-state index in [2.05, 4.69) is 21.6 Å². The van der Waals surface area contributed by atoms with Gasteiger partial charge in [0.1, 0.15) is 5.54 Å². The minimum absolute atomic E-state index is 0.000346. The van der Waals surface area contributed by atoms with E-state index in [1.54, 1.807) is 6.92 Å². The molecule has 1 aromatic rings. The highest BCUT2D eigenvalue weighted by Gasteiger charge is 2.38. The maximum absolute atomic E-state index is 12.7. The first-order valence-corrected chi connectivity index (χ1v) is 8.43. The van der Waals surface area contributed by atoms with Gasteiger partial charge >= 0.3 is 6.18 Å². The molecule has 6 nitrogen and oxygen atoms in total. The van der Waals surface area contributed by atoms with Crippen molar-refractivity contribution in [2.75, 3.05) is 0 Å². The summed E-state index contributed by atoms with van der Waals surface area (Å²) in [6.45, 7) is 1.57. The van der Waals surface area contributed by atoms with Crippen LogP contribution >= 0.6 is 11.8 Å². The Balaban J connectivity index is 2.04. The third-order valence-electron chi connectivity index (χ3n) is 4.02. The second-order valence-corrected chi connectivity index (χ2v) is 7.17. The largest absolute Gasteiger partial charge is 0.451 e. The Morgan fingerprint density at radius 2 is 2.00 bits per heavy atom. The summed E-state index contributed by atoms with van der Waals surface area (Å²) in [5.41, 5.74) is -0.874. The molecule has 0 aliphatic heterocycles. The third-order valence-corrected chi connectivity index (χ3v) is 5.16. The molecule has 2 rings (SSSR count). The van der Waals surface area contributed by atoms with Crippen LogP contribution in [0.3, 0.4) is 0 Å². The number of nitrogens with zero attached hydrogens (tertiary/aromatic N) is 4. The van der Waals surface area contributed by atoms with Crippen molar-refractivity contribution in [2.24, 2.45) is 7.05 Å². The molecule has 0 unspecified atom stereocenters. The smallest absolute Gasteiger partial charge is 0.337 e. The normalized spacial score (nSPS) is 18.7. The lowest BCUT2D eigenvalue weighted by molar-refractivity contribution is -0.147. The van der Waals surface area contributed by atoms with Gasteiger partial charge in [-0.3, -0.25) is 4.79 Å². The van der Waals surface area contributed by atoms with Gasteiger partial charge in [-0.05, 0) is 19.8 Å². The minimum Gasteiger partial charge on any atom is -0.337 e. The maximum atomic E-state index is 12.7. The highest BCUT2D eigenvalue weighted by molar-refractivity contribution is 8.00. The monoisotopic (exact) mass is 361 g/mol. The van der Waals surface area contributed by atoms with E-state index in [0.717, 1.165) is 35.6 Å². The molecule has 1 amide bonds. The Hall–Kier alpha value is -1.76. The van der Waals surface area contributed by atoms with Gasteiger partial charge in [0.15, 0.2) is 5.16 Å². The summed E-state index contributed by atoms with van der Waals surface area (Å²) in [5, 5.41) is 18.1. The topological polar surface area (TPSA) is 83.6 Å². The van der Waals surface area contributed by atoms with Crippen molar-refractivity contribution in [2.45, 2.75) is 61.1 Å². The van der Waals surface area contributed by atoms with Crippen molar-refractivity contribution in [3.8, 4) is 6.07 Å². The van der Waals surface area contributed by atoms with Crippen LogP contribution in [0.4, 0.5) is 13.2 Å². The van der Waals surface area contributed by atoms with Gasteiger partial charge in [0.05, 0.1) is 11.3 Å². The standard InChI is InChI=1S/C14H18F3N5OS/c1-9(10(23)19-13(8-18)6-4-3-5-7-13)24-12-21-20-11(22(12)2)14(15,16)17/h9H,3-7H2,1-2H3,(H,19,23)/t9-/m0/s1. The van der Waals surface area contributed by atoms with E-state index < -0.39 is 22.8 Å². The fraction of sp³-hybridized carbons (Fsp3) is 0.714. The molecular weight excluding hydrogens is 343 g/mol. The first-order valence-electron chi connectivity index (χ1n) is 7.55. The summed E-state index contributed by atoms with van der Waals surface area (Å²) >= 11 is 0.881. The van der Waals surface area contributed by atoms with Crippen LogP contribution in [0.5, 0.6) is 0 Å². The molecule has 1 saturated carbocycles. The molecule has 1 heterocycles. The molecule has 1 atom stereocenters. The van der Waals surface area contributed by atoms with Crippen LogP contribution in [-0.4, -0.2) is 31.5 Å². The maximum Gasteiger partial charge on any atom is 0.451 e. The number of thioether (sulfide) groups is 1. The third kappa shape index (κ3) is 4.01. The van der Waals surface area contributed by atoms with Crippen molar-refractivity contribution < 1.29 is 18.0 Å². The second kappa shape index (κ2) is 7.01.